The van der Waals surface area contributed by atoms with Gasteiger partial charge in [0, 0.05) is 7.05 Å². The first-order valence-electron chi connectivity index (χ1n) is 8.85. The number of benzene rings is 1. The average molecular weight is 373 g/mol. The van der Waals surface area contributed by atoms with E-state index in [9.17, 15) is 9.59 Å². The summed E-state index contributed by atoms with van der Waals surface area (Å²) in [4.78, 5) is 25.5. The van der Waals surface area contributed by atoms with Crippen LogP contribution in [0.1, 0.15) is 34.4 Å². The van der Waals surface area contributed by atoms with Crippen molar-refractivity contribution >= 4 is 11.9 Å². The Labute approximate surface area is 157 Å². The van der Waals surface area contributed by atoms with E-state index in [2.05, 4.69) is 0 Å². The highest BCUT2D eigenvalue weighted by atomic mass is 16.5. The van der Waals surface area contributed by atoms with Crippen molar-refractivity contribution in [3.63, 3.8) is 0 Å². The number of carbonyl (C=O) groups excluding carboxylic acids is 1. The molecule has 1 aliphatic rings. The molecule has 0 saturated carbocycles. The van der Waals surface area contributed by atoms with Gasteiger partial charge in [-0.2, -0.15) is 0 Å². The third-order valence-electron chi connectivity index (χ3n) is 4.57. The lowest BCUT2D eigenvalue weighted by atomic mass is 9.95. The predicted molar refractivity (Wildman–Crippen MR) is 97.2 cm³/mol. The van der Waals surface area contributed by atoms with Crippen molar-refractivity contribution in [3.8, 4) is 11.5 Å². The first kappa shape index (κ1) is 18.8. The second kappa shape index (κ2) is 7.73. The lowest BCUT2D eigenvalue weighted by Gasteiger charge is -2.28. The summed E-state index contributed by atoms with van der Waals surface area (Å²) in [5, 5.41) is 9.11. The van der Waals surface area contributed by atoms with Gasteiger partial charge in [-0.05, 0) is 50.1 Å². The van der Waals surface area contributed by atoms with Crippen molar-refractivity contribution in [3.05, 3.63) is 46.9 Å². The number of amides is 1. The Bertz CT molecular complexity index is 856. The van der Waals surface area contributed by atoms with Crippen LogP contribution in [-0.2, 0) is 17.8 Å². The van der Waals surface area contributed by atoms with E-state index in [0.29, 0.717) is 31.2 Å². The zero-order valence-corrected chi connectivity index (χ0v) is 15.7. The standard InChI is InChI=1S/C20H23NO6/c1-4-25-15-5-6-18-13(8-15)7-14(11-26-18)19(22)21(3)10-16-9-17(20(23)24)12(2)27-16/h5-6,8-9,14H,4,7,10-11H2,1-3H3,(H,23,24)/t14-/m1/s1. The van der Waals surface area contributed by atoms with Gasteiger partial charge < -0.3 is 23.9 Å². The molecule has 2 aromatic rings. The van der Waals surface area contributed by atoms with Gasteiger partial charge in [-0.3, -0.25) is 4.79 Å². The molecule has 0 saturated heterocycles. The molecule has 3 rings (SSSR count). The van der Waals surface area contributed by atoms with Gasteiger partial charge in [0.25, 0.3) is 0 Å². The molecule has 1 aromatic carbocycles. The lowest BCUT2D eigenvalue weighted by Crippen LogP contribution is -2.38. The minimum absolute atomic E-state index is 0.0756. The maximum absolute atomic E-state index is 12.8. The number of aromatic carboxylic acids is 1. The van der Waals surface area contributed by atoms with Crippen LogP contribution in [0, 0.1) is 12.8 Å². The fourth-order valence-corrected chi connectivity index (χ4v) is 3.24. The monoisotopic (exact) mass is 373 g/mol. The van der Waals surface area contributed by atoms with Crippen LogP contribution in [0.4, 0.5) is 0 Å². The van der Waals surface area contributed by atoms with Crippen molar-refractivity contribution in [2.24, 2.45) is 5.92 Å². The number of furan rings is 1. The van der Waals surface area contributed by atoms with Gasteiger partial charge in [-0.1, -0.05) is 0 Å². The molecule has 2 heterocycles. The molecule has 0 bridgehead atoms. The molecule has 1 amide bonds. The molecular formula is C20H23NO6. The molecule has 144 valence electrons. The number of aryl methyl sites for hydroxylation is 1. The van der Waals surface area contributed by atoms with E-state index < -0.39 is 5.97 Å². The molecule has 0 aliphatic carbocycles. The highest BCUT2D eigenvalue weighted by Crippen LogP contribution is 2.31. The van der Waals surface area contributed by atoms with E-state index in [-0.39, 0.29) is 23.9 Å². The topological polar surface area (TPSA) is 89.2 Å². The van der Waals surface area contributed by atoms with Crippen molar-refractivity contribution in [1.82, 2.24) is 4.90 Å². The largest absolute Gasteiger partial charge is 0.494 e. The Kier molecular flexibility index (Phi) is 5.39. The van der Waals surface area contributed by atoms with Crippen LogP contribution >= 0.6 is 0 Å². The Balaban J connectivity index is 1.68. The smallest absolute Gasteiger partial charge is 0.339 e. The number of hydrogen-bond acceptors (Lipinski definition) is 5. The molecular weight excluding hydrogens is 350 g/mol. The van der Waals surface area contributed by atoms with Crippen molar-refractivity contribution in [2.75, 3.05) is 20.3 Å². The molecule has 1 aromatic heterocycles. The van der Waals surface area contributed by atoms with Crippen LogP contribution in [0.25, 0.3) is 0 Å². The van der Waals surface area contributed by atoms with Crippen molar-refractivity contribution in [2.45, 2.75) is 26.8 Å². The summed E-state index contributed by atoms with van der Waals surface area (Å²) in [5.74, 6) is 0.876. The number of fused-ring (bicyclic) bond motifs is 1. The molecule has 0 spiro atoms. The maximum Gasteiger partial charge on any atom is 0.339 e. The second-order valence-corrected chi connectivity index (χ2v) is 6.60. The zero-order chi connectivity index (χ0) is 19.6. The molecule has 1 atom stereocenters. The van der Waals surface area contributed by atoms with Crippen LogP contribution in [0.2, 0.25) is 0 Å². The van der Waals surface area contributed by atoms with Crippen LogP contribution < -0.4 is 9.47 Å². The van der Waals surface area contributed by atoms with E-state index in [0.717, 1.165) is 17.1 Å². The van der Waals surface area contributed by atoms with Crippen molar-refractivity contribution < 1.29 is 28.6 Å². The number of nitrogens with zero attached hydrogens (tertiary/aromatic N) is 1. The van der Waals surface area contributed by atoms with Gasteiger partial charge in [0.05, 0.1) is 19.1 Å². The quantitative estimate of drug-likeness (QED) is 0.837. The Hall–Kier alpha value is -2.96. The first-order valence-corrected chi connectivity index (χ1v) is 8.85. The van der Waals surface area contributed by atoms with Gasteiger partial charge >= 0.3 is 5.97 Å². The molecule has 0 fully saturated rings. The minimum Gasteiger partial charge on any atom is -0.494 e. The number of carbonyl (C=O) groups is 2. The summed E-state index contributed by atoms with van der Waals surface area (Å²) in [6.07, 6.45) is 0.566. The van der Waals surface area contributed by atoms with Gasteiger partial charge in [-0.25, -0.2) is 4.79 Å². The third kappa shape index (κ3) is 4.07. The molecule has 7 nitrogen and oxygen atoms in total. The fourth-order valence-electron chi connectivity index (χ4n) is 3.24. The molecule has 1 aliphatic heterocycles. The molecule has 7 heteroatoms. The number of carboxylic acid groups (broad SMARTS) is 1. The molecule has 0 unspecified atom stereocenters. The number of ether oxygens (including phenoxy) is 2. The summed E-state index contributed by atoms with van der Waals surface area (Å²) in [7, 11) is 1.67. The Morgan fingerprint density at radius 3 is 2.78 bits per heavy atom. The lowest BCUT2D eigenvalue weighted by molar-refractivity contribution is -0.136. The molecule has 0 radical (unpaired) electrons. The minimum atomic E-state index is -1.04. The molecule has 27 heavy (non-hydrogen) atoms. The predicted octanol–water partition coefficient (Wildman–Crippen LogP) is 2.89. The fraction of sp³-hybridized carbons (Fsp3) is 0.400. The summed E-state index contributed by atoms with van der Waals surface area (Å²) < 4.78 is 16.7. The third-order valence-corrected chi connectivity index (χ3v) is 4.57. The zero-order valence-electron chi connectivity index (χ0n) is 15.7. The first-order chi connectivity index (χ1) is 12.9. The Morgan fingerprint density at radius 1 is 1.33 bits per heavy atom. The van der Waals surface area contributed by atoms with Crippen molar-refractivity contribution in [1.29, 1.82) is 0 Å². The van der Waals surface area contributed by atoms with Crippen LogP contribution in [0.3, 0.4) is 0 Å². The van der Waals surface area contributed by atoms with Gasteiger partial charge in [-0.15, -0.1) is 0 Å². The summed E-state index contributed by atoms with van der Waals surface area (Å²) >= 11 is 0. The molecule has 1 N–H and O–H groups in total. The SMILES string of the molecule is CCOc1ccc2c(c1)C[C@@H](C(=O)N(C)Cc1cc(C(=O)O)c(C)o1)CO2. The normalized spacial score (nSPS) is 15.6. The average Bonchev–Trinajstić information content (AvgIpc) is 3.01. The van der Waals surface area contributed by atoms with Crippen LogP contribution in [0.5, 0.6) is 11.5 Å². The highest BCUT2D eigenvalue weighted by molar-refractivity contribution is 5.88. The van der Waals surface area contributed by atoms with E-state index >= 15 is 0 Å². The maximum atomic E-state index is 12.8. The second-order valence-electron chi connectivity index (χ2n) is 6.60. The van der Waals surface area contributed by atoms with Gasteiger partial charge in [0.15, 0.2) is 0 Å². The van der Waals surface area contributed by atoms with E-state index in [1.54, 1.807) is 14.0 Å². The van der Waals surface area contributed by atoms with E-state index in [4.69, 9.17) is 19.0 Å². The number of rotatable bonds is 6. The van der Waals surface area contributed by atoms with Crippen LogP contribution in [0.15, 0.2) is 28.7 Å². The summed E-state index contributed by atoms with van der Waals surface area (Å²) in [5.41, 5.74) is 1.06. The summed E-state index contributed by atoms with van der Waals surface area (Å²) in [6.45, 7) is 4.60. The Morgan fingerprint density at radius 2 is 2.11 bits per heavy atom. The number of hydrogen-bond donors (Lipinski definition) is 1. The number of carboxylic acids is 1. The van der Waals surface area contributed by atoms with Gasteiger partial charge in [0.1, 0.15) is 35.2 Å². The van der Waals surface area contributed by atoms with Crippen LogP contribution in [-0.4, -0.2) is 42.1 Å². The highest BCUT2D eigenvalue weighted by Gasteiger charge is 2.29. The summed E-state index contributed by atoms with van der Waals surface area (Å²) in [6, 6.07) is 7.09. The van der Waals surface area contributed by atoms with Gasteiger partial charge in [0.2, 0.25) is 5.91 Å². The van der Waals surface area contributed by atoms with E-state index in [1.807, 2.05) is 25.1 Å². The van der Waals surface area contributed by atoms with E-state index in [1.165, 1.54) is 11.0 Å².